The molecule has 1 unspecified atom stereocenters. The van der Waals surface area contributed by atoms with Crippen LogP contribution in [0.5, 0.6) is 0 Å². The minimum atomic E-state index is -2.86. The van der Waals surface area contributed by atoms with Gasteiger partial charge >= 0.3 is 0 Å². The Morgan fingerprint density at radius 2 is 2.29 bits per heavy atom. The molecule has 1 atom stereocenters. The SMILES string of the molecule is CNc1nccc(N(C)C2CCS(=O)(=O)C2)n1. The Morgan fingerprint density at radius 3 is 2.88 bits per heavy atom. The molecule has 1 aliphatic heterocycles. The number of aromatic nitrogens is 2. The van der Waals surface area contributed by atoms with E-state index in [-0.39, 0.29) is 17.5 Å². The Bertz CT molecular complexity index is 503. The fraction of sp³-hybridized carbons (Fsp3) is 0.600. The molecule has 0 radical (unpaired) electrons. The number of hydrogen-bond acceptors (Lipinski definition) is 6. The van der Waals surface area contributed by atoms with Crippen LogP contribution in [0.25, 0.3) is 0 Å². The molecular formula is C10H16N4O2S. The number of nitrogens with zero attached hydrogens (tertiary/aromatic N) is 3. The molecule has 1 aromatic heterocycles. The quantitative estimate of drug-likeness (QED) is 0.829. The number of sulfone groups is 1. The van der Waals surface area contributed by atoms with E-state index in [2.05, 4.69) is 15.3 Å². The molecule has 1 fully saturated rings. The smallest absolute Gasteiger partial charge is 0.224 e. The Morgan fingerprint density at radius 1 is 1.53 bits per heavy atom. The van der Waals surface area contributed by atoms with E-state index in [0.29, 0.717) is 12.4 Å². The molecule has 0 saturated carbocycles. The molecule has 1 saturated heterocycles. The molecule has 6 nitrogen and oxygen atoms in total. The molecule has 0 aliphatic carbocycles. The van der Waals surface area contributed by atoms with Crippen LogP contribution in [0.15, 0.2) is 12.3 Å². The lowest BCUT2D eigenvalue weighted by atomic mass is 10.2. The van der Waals surface area contributed by atoms with E-state index in [1.54, 1.807) is 19.3 Å². The molecule has 17 heavy (non-hydrogen) atoms. The maximum atomic E-state index is 11.4. The molecule has 0 spiro atoms. The lowest BCUT2D eigenvalue weighted by Gasteiger charge is -2.24. The highest BCUT2D eigenvalue weighted by molar-refractivity contribution is 7.91. The summed E-state index contributed by atoms with van der Waals surface area (Å²) in [6, 6.07) is 1.80. The molecule has 1 aliphatic rings. The Labute approximate surface area is 101 Å². The first-order valence-corrected chi connectivity index (χ1v) is 7.28. The fourth-order valence-electron chi connectivity index (χ4n) is 1.93. The largest absolute Gasteiger partial charge is 0.357 e. The number of nitrogens with one attached hydrogen (secondary N) is 1. The average molecular weight is 256 g/mol. The van der Waals surface area contributed by atoms with Crippen molar-refractivity contribution in [1.29, 1.82) is 0 Å². The number of rotatable bonds is 3. The van der Waals surface area contributed by atoms with Crippen LogP contribution >= 0.6 is 0 Å². The van der Waals surface area contributed by atoms with Crippen molar-refractivity contribution in [2.45, 2.75) is 12.5 Å². The molecule has 0 amide bonds. The van der Waals surface area contributed by atoms with Crippen LogP contribution in [-0.4, -0.2) is 50.0 Å². The number of anilines is 2. The fourth-order valence-corrected chi connectivity index (χ4v) is 3.71. The zero-order chi connectivity index (χ0) is 12.5. The summed E-state index contributed by atoms with van der Waals surface area (Å²) in [6.07, 6.45) is 2.33. The number of hydrogen-bond donors (Lipinski definition) is 1. The summed E-state index contributed by atoms with van der Waals surface area (Å²) in [4.78, 5) is 10.2. The molecule has 94 valence electrons. The molecule has 2 heterocycles. The van der Waals surface area contributed by atoms with Gasteiger partial charge in [0.1, 0.15) is 5.82 Å². The normalized spacial score (nSPS) is 22.4. The second kappa shape index (κ2) is 4.48. The van der Waals surface area contributed by atoms with Crippen LogP contribution in [0, 0.1) is 0 Å². The molecule has 7 heteroatoms. The van der Waals surface area contributed by atoms with E-state index >= 15 is 0 Å². The maximum absolute atomic E-state index is 11.4. The van der Waals surface area contributed by atoms with Gasteiger partial charge in [0, 0.05) is 26.3 Å². The summed E-state index contributed by atoms with van der Waals surface area (Å²) < 4.78 is 22.9. The predicted molar refractivity (Wildman–Crippen MR) is 67.0 cm³/mol. The lowest BCUT2D eigenvalue weighted by molar-refractivity contribution is 0.600. The topological polar surface area (TPSA) is 75.2 Å². The van der Waals surface area contributed by atoms with Gasteiger partial charge in [0.15, 0.2) is 9.84 Å². The summed E-state index contributed by atoms with van der Waals surface area (Å²) in [7, 11) is 0.753. The van der Waals surface area contributed by atoms with Gasteiger partial charge in [-0.25, -0.2) is 13.4 Å². The standard InChI is InChI=1S/C10H16N4O2S/c1-11-10-12-5-3-9(13-10)14(2)8-4-6-17(15,16)7-8/h3,5,8H,4,6-7H2,1-2H3,(H,11,12,13). The predicted octanol–water partition coefficient (Wildman–Crippen LogP) is 0.142. The zero-order valence-corrected chi connectivity index (χ0v) is 10.7. The molecule has 0 bridgehead atoms. The second-order valence-corrected chi connectivity index (χ2v) is 6.38. The summed E-state index contributed by atoms with van der Waals surface area (Å²) in [6.45, 7) is 0. The lowest BCUT2D eigenvalue weighted by Crippen LogP contribution is -2.33. The van der Waals surface area contributed by atoms with Crippen LogP contribution in [0.3, 0.4) is 0 Å². The van der Waals surface area contributed by atoms with Crippen molar-refractivity contribution >= 4 is 21.6 Å². The first kappa shape index (κ1) is 12.1. The van der Waals surface area contributed by atoms with Gasteiger partial charge in [-0.1, -0.05) is 0 Å². The molecule has 1 aromatic rings. The van der Waals surface area contributed by atoms with E-state index in [1.807, 2.05) is 11.9 Å². The second-order valence-electron chi connectivity index (χ2n) is 4.16. The summed E-state index contributed by atoms with van der Waals surface area (Å²) in [5.74, 6) is 1.76. The summed E-state index contributed by atoms with van der Waals surface area (Å²) >= 11 is 0. The van der Waals surface area contributed by atoms with Gasteiger partial charge in [0.25, 0.3) is 0 Å². The van der Waals surface area contributed by atoms with Crippen molar-refractivity contribution in [3.63, 3.8) is 0 Å². The van der Waals surface area contributed by atoms with Gasteiger partial charge < -0.3 is 10.2 Å². The van der Waals surface area contributed by atoms with Gasteiger partial charge in [-0.3, -0.25) is 0 Å². The highest BCUT2D eigenvalue weighted by Crippen LogP contribution is 2.21. The first-order valence-electron chi connectivity index (χ1n) is 5.46. The minimum absolute atomic E-state index is 0.0135. The zero-order valence-electron chi connectivity index (χ0n) is 9.92. The van der Waals surface area contributed by atoms with Crippen LogP contribution in [0.1, 0.15) is 6.42 Å². The van der Waals surface area contributed by atoms with E-state index in [0.717, 1.165) is 5.82 Å². The van der Waals surface area contributed by atoms with Crippen molar-refractivity contribution < 1.29 is 8.42 Å². The molecule has 0 aromatic carbocycles. The summed E-state index contributed by atoms with van der Waals surface area (Å²) in [5.41, 5.74) is 0. The van der Waals surface area contributed by atoms with Gasteiger partial charge in [0.05, 0.1) is 11.5 Å². The van der Waals surface area contributed by atoms with E-state index in [4.69, 9.17) is 0 Å². The van der Waals surface area contributed by atoms with Gasteiger partial charge in [-0.2, -0.15) is 4.98 Å². The van der Waals surface area contributed by atoms with Crippen LogP contribution < -0.4 is 10.2 Å². The van der Waals surface area contributed by atoms with Crippen LogP contribution in [-0.2, 0) is 9.84 Å². The van der Waals surface area contributed by atoms with Gasteiger partial charge in [0.2, 0.25) is 5.95 Å². The maximum Gasteiger partial charge on any atom is 0.224 e. The average Bonchev–Trinajstić information content (AvgIpc) is 2.69. The van der Waals surface area contributed by atoms with Gasteiger partial charge in [-0.05, 0) is 12.5 Å². The molecule has 1 N–H and O–H groups in total. The van der Waals surface area contributed by atoms with Crippen molar-refractivity contribution in [2.75, 3.05) is 35.8 Å². The third kappa shape index (κ3) is 2.66. The van der Waals surface area contributed by atoms with Crippen molar-refractivity contribution in [1.82, 2.24) is 9.97 Å². The third-order valence-electron chi connectivity index (χ3n) is 2.98. The highest BCUT2D eigenvalue weighted by atomic mass is 32.2. The molecular weight excluding hydrogens is 240 g/mol. The van der Waals surface area contributed by atoms with E-state index in [9.17, 15) is 8.42 Å². The van der Waals surface area contributed by atoms with Crippen molar-refractivity contribution in [3.8, 4) is 0 Å². The van der Waals surface area contributed by atoms with Crippen molar-refractivity contribution in [3.05, 3.63) is 12.3 Å². The molecule has 2 rings (SSSR count). The third-order valence-corrected chi connectivity index (χ3v) is 4.73. The first-order chi connectivity index (χ1) is 8.02. The monoisotopic (exact) mass is 256 g/mol. The van der Waals surface area contributed by atoms with Crippen LogP contribution in [0.2, 0.25) is 0 Å². The Balaban J connectivity index is 2.17. The summed E-state index contributed by atoms with van der Waals surface area (Å²) in [5, 5.41) is 2.86. The van der Waals surface area contributed by atoms with E-state index < -0.39 is 9.84 Å². The van der Waals surface area contributed by atoms with Gasteiger partial charge in [-0.15, -0.1) is 0 Å². The van der Waals surface area contributed by atoms with E-state index in [1.165, 1.54) is 0 Å². The van der Waals surface area contributed by atoms with Crippen molar-refractivity contribution in [2.24, 2.45) is 0 Å². The Hall–Kier alpha value is -1.37. The van der Waals surface area contributed by atoms with Crippen LogP contribution in [0.4, 0.5) is 11.8 Å². The Kier molecular flexibility index (Phi) is 3.19. The highest BCUT2D eigenvalue weighted by Gasteiger charge is 2.31. The minimum Gasteiger partial charge on any atom is -0.357 e.